The predicted octanol–water partition coefficient (Wildman–Crippen LogP) is 2.10. The van der Waals surface area contributed by atoms with Gasteiger partial charge < -0.3 is 10.4 Å². The lowest BCUT2D eigenvalue weighted by Gasteiger charge is -2.34. The molecule has 1 heterocycles. The summed E-state index contributed by atoms with van der Waals surface area (Å²) in [5.41, 5.74) is 0. The van der Waals surface area contributed by atoms with Crippen LogP contribution in [0, 0.1) is 5.92 Å². The Bertz CT molecular complexity index is 313. The molecule has 1 fully saturated rings. The lowest BCUT2D eigenvalue weighted by molar-refractivity contribution is -0.148. The maximum Gasteiger partial charge on any atom is 0.401 e. The summed E-state index contributed by atoms with van der Waals surface area (Å²) in [6, 6.07) is -0.631. The molecule has 20 heavy (non-hydrogen) atoms. The lowest BCUT2D eigenvalue weighted by Crippen LogP contribution is -2.50. The monoisotopic (exact) mass is 296 g/mol. The molecule has 0 bridgehead atoms. The van der Waals surface area contributed by atoms with Gasteiger partial charge in [0.25, 0.3) is 0 Å². The van der Waals surface area contributed by atoms with Gasteiger partial charge in [0, 0.05) is 6.04 Å². The number of nitrogens with one attached hydrogen (secondary N) is 1. The molecule has 0 aliphatic carbocycles. The summed E-state index contributed by atoms with van der Waals surface area (Å²) in [5.74, 6) is -0.634. The fourth-order valence-electron chi connectivity index (χ4n) is 2.51. The van der Waals surface area contributed by atoms with Gasteiger partial charge >= 0.3 is 12.1 Å². The number of alkyl halides is 3. The van der Waals surface area contributed by atoms with Crippen molar-refractivity contribution in [2.75, 3.05) is 19.6 Å². The Morgan fingerprint density at radius 3 is 2.30 bits per heavy atom. The zero-order valence-corrected chi connectivity index (χ0v) is 11.9. The molecule has 0 amide bonds. The highest BCUT2D eigenvalue weighted by molar-refractivity contribution is 5.73. The molecular formula is C13H23F3N2O2. The number of halogens is 3. The number of likely N-dealkylation sites (tertiary alicyclic amines) is 1. The average Bonchev–Trinajstić information content (AvgIpc) is 2.28. The molecule has 0 radical (unpaired) electrons. The van der Waals surface area contributed by atoms with Gasteiger partial charge in [-0.3, -0.25) is 9.69 Å². The van der Waals surface area contributed by atoms with Crippen molar-refractivity contribution in [2.45, 2.75) is 51.4 Å². The number of nitrogens with zero attached hydrogens (tertiary/aromatic N) is 1. The van der Waals surface area contributed by atoms with Crippen LogP contribution in [0.25, 0.3) is 0 Å². The van der Waals surface area contributed by atoms with E-state index >= 15 is 0 Å². The number of hydrogen-bond acceptors (Lipinski definition) is 3. The average molecular weight is 296 g/mol. The third-order valence-corrected chi connectivity index (χ3v) is 3.43. The third-order valence-electron chi connectivity index (χ3n) is 3.43. The first kappa shape index (κ1) is 17.2. The van der Waals surface area contributed by atoms with Gasteiger partial charge in [-0.05, 0) is 38.3 Å². The first-order chi connectivity index (χ1) is 9.17. The van der Waals surface area contributed by atoms with Crippen LogP contribution in [-0.2, 0) is 4.79 Å². The molecule has 0 saturated carbocycles. The topological polar surface area (TPSA) is 52.6 Å². The van der Waals surface area contributed by atoms with E-state index in [4.69, 9.17) is 5.11 Å². The molecule has 1 aliphatic heterocycles. The van der Waals surface area contributed by atoms with Crippen molar-refractivity contribution >= 4 is 5.97 Å². The summed E-state index contributed by atoms with van der Waals surface area (Å²) in [6.07, 6.45) is -2.53. The molecule has 4 nitrogen and oxygen atoms in total. The minimum atomic E-state index is -4.17. The van der Waals surface area contributed by atoms with E-state index in [-0.39, 0.29) is 12.0 Å². The highest BCUT2D eigenvalue weighted by atomic mass is 19.4. The molecule has 0 aromatic heterocycles. The second kappa shape index (κ2) is 7.26. The van der Waals surface area contributed by atoms with Crippen molar-refractivity contribution in [3.8, 4) is 0 Å². The minimum absolute atomic E-state index is 0.0145. The SMILES string of the molecule is CC(C)CC(NC1CCN(CC(F)(F)F)CC1)C(=O)O. The van der Waals surface area contributed by atoms with Gasteiger partial charge in [0.2, 0.25) is 0 Å². The smallest absolute Gasteiger partial charge is 0.401 e. The van der Waals surface area contributed by atoms with Crippen LogP contribution in [0.5, 0.6) is 0 Å². The number of aliphatic carboxylic acids is 1. The predicted molar refractivity (Wildman–Crippen MR) is 69.5 cm³/mol. The molecule has 1 unspecified atom stereocenters. The van der Waals surface area contributed by atoms with Crippen LogP contribution in [0.1, 0.15) is 33.1 Å². The summed E-state index contributed by atoms with van der Waals surface area (Å²) in [7, 11) is 0. The molecule has 1 rings (SSSR count). The minimum Gasteiger partial charge on any atom is -0.480 e. The Labute approximate surface area is 117 Å². The summed E-state index contributed by atoms with van der Waals surface area (Å²) < 4.78 is 36.8. The number of hydrogen-bond donors (Lipinski definition) is 2. The molecule has 2 N–H and O–H groups in total. The number of carbonyl (C=O) groups is 1. The first-order valence-corrected chi connectivity index (χ1v) is 6.95. The molecule has 7 heteroatoms. The van der Waals surface area contributed by atoms with Crippen molar-refractivity contribution in [3.05, 3.63) is 0 Å². The Balaban J connectivity index is 2.39. The summed E-state index contributed by atoms with van der Waals surface area (Å²) >= 11 is 0. The van der Waals surface area contributed by atoms with Gasteiger partial charge in [0.05, 0.1) is 6.54 Å². The van der Waals surface area contributed by atoms with E-state index in [9.17, 15) is 18.0 Å². The Kier molecular flexibility index (Phi) is 6.26. The molecule has 1 aliphatic rings. The zero-order chi connectivity index (χ0) is 15.3. The quantitative estimate of drug-likeness (QED) is 0.788. The van der Waals surface area contributed by atoms with Crippen molar-refractivity contribution in [1.82, 2.24) is 10.2 Å². The van der Waals surface area contributed by atoms with Crippen LogP contribution in [0.3, 0.4) is 0 Å². The van der Waals surface area contributed by atoms with Crippen LogP contribution < -0.4 is 5.32 Å². The fraction of sp³-hybridized carbons (Fsp3) is 0.923. The Hall–Kier alpha value is -0.820. The molecule has 0 spiro atoms. The Morgan fingerprint density at radius 2 is 1.90 bits per heavy atom. The van der Waals surface area contributed by atoms with Gasteiger partial charge in [-0.25, -0.2) is 0 Å². The normalized spacial score (nSPS) is 20.3. The van der Waals surface area contributed by atoms with E-state index in [2.05, 4.69) is 5.32 Å². The summed E-state index contributed by atoms with van der Waals surface area (Å²) in [5, 5.41) is 12.2. The summed E-state index contributed by atoms with van der Waals surface area (Å²) in [6.45, 7) is 3.72. The molecule has 0 aromatic rings. The second-order valence-electron chi connectivity index (χ2n) is 5.85. The largest absolute Gasteiger partial charge is 0.480 e. The molecular weight excluding hydrogens is 273 g/mol. The Morgan fingerprint density at radius 1 is 1.35 bits per heavy atom. The second-order valence-corrected chi connectivity index (χ2v) is 5.85. The third kappa shape index (κ3) is 6.56. The fourth-order valence-corrected chi connectivity index (χ4v) is 2.51. The maximum absolute atomic E-state index is 12.3. The van der Waals surface area contributed by atoms with Crippen LogP contribution in [-0.4, -0.2) is 53.9 Å². The van der Waals surface area contributed by atoms with Crippen LogP contribution in [0.4, 0.5) is 13.2 Å². The van der Waals surface area contributed by atoms with Gasteiger partial charge in [0.15, 0.2) is 0 Å². The zero-order valence-electron chi connectivity index (χ0n) is 11.9. The highest BCUT2D eigenvalue weighted by Gasteiger charge is 2.33. The van der Waals surface area contributed by atoms with E-state index in [1.54, 1.807) is 0 Å². The molecule has 1 saturated heterocycles. The van der Waals surface area contributed by atoms with E-state index < -0.39 is 24.7 Å². The van der Waals surface area contributed by atoms with Crippen LogP contribution in [0.15, 0.2) is 0 Å². The van der Waals surface area contributed by atoms with E-state index in [0.717, 1.165) is 0 Å². The lowest BCUT2D eigenvalue weighted by atomic mass is 9.99. The van der Waals surface area contributed by atoms with Crippen molar-refractivity contribution in [1.29, 1.82) is 0 Å². The first-order valence-electron chi connectivity index (χ1n) is 6.95. The number of piperidine rings is 1. The maximum atomic E-state index is 12.3. The summed E-state index contributed by atoms with van der Waals surface area (Å²) in [4.78, 5) is 12.5. The highest BCUT2D eigenvalue weighted by Crippen LogP contribution is 2.20. The molecule has 118 valence electrons. The molecule has 0 aromatic carbocycles. The standard InChI is InChI=1S/C13H23F3N2O2/c1-9(2)7-11(12(19)20)17-10-3-5-18(6-4-10)8-13(14,15)16/h9-11,17H,3-8H2,1-2H3,(H,19,20). The number of rotatable bonds is 6. The van der Waals surface area contributed by atoms with Crippen molar-refractivity contribution in [2.24, 2.45) is 5.92 Å². The van der Waals surface area contributed by atoms with E-state index in [0.29, 0.717) is 32.4 Å². The van der Waals surface area contributed by atoms with Crippen LogP contribution in [0.2, 0.25) is 0 Å². The van der Waals surface area contributed by atoms with Gasteiger partial charge in [-0.2, -0.15) is 13.2 Å². The van der Waals surface area contributed by atoms with Crippen LogP contribution >= 0.6 is 0 Å². The van der Waals surface area contributed by atoms with Gasteiger partial charge in [-0.1, -0.05) is 13.8 Å². The van der Waals surface area contributed by atoms with Gasteiger partial charge in [-0.15, -0.1) is 0 Å². The van der Waals surface area contributed by atoms with Crippen molar-refractivity contribution in [3.63, 3.8) is 0 Å². The van der Waals surface area contributed by atoms with E-state index in [1.807, 2.05) is 13.8 Å². The van der Waals surface area contributed by atoms with Crippen molar-refractivity contribution < 1.29 is 23.1 Å². The number of carboxylic acids is 1. The van der Waals surface area contributed by atoms with Gasteiger partial charge in [0.1, 0.15) is 6.04 Å². The van der Waals surface area contributed by atoms with E-state index in [1.165, 1.54) is 4.90 Å². The molecule has 1 atom stereocenters. The number of carboxylic acid groups (broad SMARTS) is 1.